The number of hydrogen-bond donors (Lipinski definition) is 3. The second-order valence-electron chi connectivity index (χ2n) is 7.22. The summed E-state index contributed by atoms with van der Waals surface area (Å²) in [5.74, 6) is 1.10. The zero-order valence-corrected chi connectivity index (χ0v) is 20.2. The van der Waals surface area contributed by atoms with Crippen molar-refractivity contribution in [3.8, 4) is 0 Å². The van der Waals surface area contributed by atoms with E-state index in [9.17, 15) is 13.2 Å². The molecule has 9 nitrogen and oxygen atoms in total. The highest BCUT2D eigenvalue weighted by Crippen LogP contribution is 2.24. The molecular weight excluding hydrogens is 464 g/mol. The van der Waals surface area contributed by atoms with Gasteiger partial charge in [-0.15, -0.1) is 12.4 Å². The van der Waals surface area contributed by atoms with Crippen molar-refractivity contribution in [3.63, 3.8) is 0 Å². The number of nitrogens with one attached hydrogen (secondary N) is 3. The SMILES string of the molecule is CCNC(=O)Nc1ccc(N(C)c2ccnc(Nc3ccc(CS(C)(=O)=O)cc3)n2)cc1.Cl. The summed E-state index contributed by atoms with van der Waals surface area (Å²) in [5, 5.41) is 8.58. The van der Waals surface area contributed by atoms with Gasteiger partial charge in [-0.2, -0.15) is 4.98 Å². The van der Waals surface area contributed by atoms with Crippen LogP contribution in [0, 0.1) is 0 Å². The molecule has 1 heterocycles. The van der Waals surface area contributed by atoms with Gasteiger partial charge in [0.25, 0.3) is 0 Å². The van der Waals surface area contributed by atoms with Crippen LogP contribution in [-0.2, 0) is 15.6 Å². The number of carbonyl (C=O) groups excluding carboxylic acids is 1. The number of sulfone groups is 1. The number of halogens is 1. The van der Waals surface area contributed by atoms with E-state index >= 15 is 0 Å². The second kappa shape index (κ2) is 11.5. The first-order chi connectivity index (χ1) is 15.2. The molecule has 176 valence electrons. The predicted octanol–water partition coefficient (Wildman–Crippen LogP) is 4.10. The highest BCUT2D eigenvalue weighted by atomic mass is 35.5. The summed E-state index contributed by atoms with van der Waals surface area (Å²) in [7, 11) is -1.19. The van der Waals surface area contributed by atoms with E-state index in [0.717, 1.165) is 16.9 Å². The molecule has 3 N–H and O–H groups in total. The molecule has 0 bridgehead atoms. The Hall–Kier alpha value is -3.37. The maximum absolute atomic E-state index is 11.6. The van der Waals surface area contributed by atoms with E-state index < -0.39 is 9.84 Å². The quantitative estimate of drug-likeness (QED) is 0.435. The Morgan fingerprint density at radius 2 is 1.64 bits per heavy atom. The van der Waals surface area contributed by atoms with Crippen molar-refractivity contribution in [1.29, 1.82) is 0 Å². The molecule has 2 amide bonds. The zero-order valence-electron chi connectivity index (χ0n) is 18.6. The largest absolute Gasteiger partial charge is 0.338 e. The Kier molecular flexibility index (Phi) is 9.01. The van der Waals surface area contributed by atoms with E-state index in [1.807, 2.05) is 43.1 Å². The zero-order chi connectivity index (χ0) is 23.1. The molecule has 0 spiro atoms. The lowest BCUT2D eigenvalue weighted by molar-refractivity contribution is 0.252. The third kappa shape index (κ3) is 7.92. The fourth-order valence-electron chi connectivity index (χ4n) is 2.95. The van der Waals surface area contributed by atoms with Gasteiger partial charge < -0.3 is 20.9 Å². The topological polar surface area (TPSA) is 116 Å². The van der Waals surface area contributed by atoms with Crippen LogP contribution in [0.4, 0.5) is 33.6 Å². The summed E-state index contributed by atoms with van der Waals surface area (Å²) in [6, 6.07) is 16.1. The lowest BCUT2D eigenvalue weighted by Gasteiger charge is -2.19. The van der Waals surface area contributed by atoms with E-state index in [-0.39, 0.29) is 24.2 Å². The molecule has 0 aliphatic rings. The Labute approximate surface area is 200 Å². The molecule has 0 saturated heterocycles. The molecule has 33 heavy (non-hydrogen) atoms. The number of rotatable bonds is 8. The van der Waals surface area contributed by atoms with Crippen molar-refractivity contribution < 1.29 is 13.2 Å². The van der Waals surface area contributed by atoms with Crippen LogP contribution >= 0.6 is 12.4 Å². The van der Waals surface area contributed by atoms with Crippen molar-refractivity contribution >= 4 is 57.1 Å². The number of hydrogen-bond acceptors (Lipinski definition) is 7. The minimum absolute atomic E-state index is 0. The molecule has 3 aromatic rings. The maximum Gasteiger partial charge on any atom is 0.319 e. The van der Waals surface area contributed by atoms with Crippen LogP contribution in [0.1, 0.15) is 12.5 Å². The summed E-state index contributed by atoms with van der Waals surface area (Å²) in [5.41, 5.74) is 3.05. The Balaban J connectivity index is 0.00000385. The minimum atomic E-state index is -3.08. The van der Waals surface area contributed by atoms with Crippen LogP contribution in [-0.4, -0.2) is 44.3 Å². The fraction of sp³-hybridized carbons (Fsp3) is 0.227. The number of amides is 2. The number of urea groups is 1. The van der Waals surface area contributed by atoms with Gasteiger partial charge in [0.15, 0.2) is 9.84 Å². The van der Waals surface area contributed by atoms with Crippen LogP contribution < -0.4 is 20.9 Å². The van der Waals surface area contributed by atoms with Crippen LogP contribution in [0.25, 0.3) is 0 Å². The maximum atomic E-state index is 11.6. The molecule has 0 aliphatic carbocycles. The van der Waals surface area contributed by atoms with Crippen LogP contribution in [0.2, 0.25) is 0 Å². The molecule has 11 heteroatoms. The third-order valence-corrected chi connectivity index (χ3v) is 5.33. The van der Waals surface area contributed by atoms with Crippen molar-refractivity contribution in [2.24, 2.45) is 0 Å². The first-order valence-corrected chi connectivity index (χ1v) is 12.0. The molecule has 0 aliphatic heterocycles. The standard InChI is InChI=1S/C22H26N6O3S.ClH/c1-4-23-22(29)26-18-9-11-19(12-10-18)28(2)20-13-14-24-21(27-20)25-17-7-5-16(6-8-17)15-32(3,30)31;/h5-14H,4,15H2,1-3H3,(H2,23,26,29)(H,24,25,27);1H. The van der Waals surface area contributed by atoms with Gasteiger partial charge in [-0.1, -0.05) is 12.1 Å². The minimum Gasteiger partial charge on any atom is -0.338 e. The van der Waals surface area contributed by atoms with E-state index in [1.54, 1.807) is 36.5 Å². The Morgan fingerprint density at radius 3 is 2.24 bits per heavy atom. The van der Waals surface area contributed by atoms with Gasteiger partial charge >= 0.3 is 6.03 Å². The smallest absolute Gasteiger partial charge is 0.319 e. The summed E-state index contributed by atoms with van der Waals surface area (Å²) in [4.78, 5) is 22.3. The molecule has 3 rings (SSSR count). The highest BCUT2D eigenvalue weighted by molar-refractivity contribution is 7.89. The second-order valence-corrected chi connectivity index (χ2v) is 9.36. The van der Waals surface area contributed by atoms with Gasteiger partial charge in [0.05, 0.1) is 5.75 Å². The van der Waals surface area contributed by atoms with Crippen LogP contribution in [0.15, 0.2) is 60.8 Å². The number of benzene rings is 2. The average molecular weight is 491 g/mol. The van der Waals surface area contributed by atoms with Gasteiger partial charge in [0, 0.05) is 43.1 Å². The van der Waals surface area contributed by atoms with Crippen molar-refractivity contribution in [2.75, 3.05) is 35.4 Å². The normalized spacial score (nSPS) is 10.6. The van der Waals surface area contributed by atoms with E-state index in [2.05, 4.69) is 25.9 Å². The van der Waals surface area contributed by atoms with Gasteiger partial charge in [-0.25, -0.2) is 18.2 Å². The van der Waals surface area contributed by atoms with E-state index in [4.69, 9.17) is 0 Å². The number of anilines is 5. The number of aromatic nitrogens is 2. The van der Waals surface area contributed by atoms with Gasteiger partial charge in [-0.3, -0.25) is 0 Å². The molecular formula is C22H27ClN6O3S. The van der Waals surface area contributed by atoms with Crippen molar-refractivity contribution in [1.82, 2.24) is 15.3 Å². The highest BCUT2D eigenvalue weighted by Gasteiger charge is 2.09. The summed E-state index contributed by atoms with van der Waals surface area (Å²) < 4.78 is 22.9. The van der Waals surface area contributed by atoms with Crippen LogP contribution in [0.3, 0.4) is 0 Å². The first kappa shape index (κ1) is 25.9. The lowest BCUT2D eigenvalue weighted by atomic mass is 10.2. The molecule has 0 atom stereocenters. The average Bonchev–Trinajstić information content (AvgIpc) is 2.74. The number of nitrogens with zero attached hydrogens (tertiary/aromatic N) is 3. The van der Waals surface area contributed by atoms with Gasteiger partial charge in [0.1, 0.15) is 5.82 Å². The van der Waals surface area contributed by atoms with Gasteiger partial charge in [-0.05, 0) is 55.0 Å². The fourth-order valence-corrected chi connectivity index (χ4v) is 3.75. The van der Waals surface area contributed by atoms with Crippen molar-refractivity contribution in [3.05, 3.63) is 66.4 Å². The molecule has 0 unspecified atom stereocenters. The molecule has 2 aromatic carbocycles. The van der Waals surface area contributed by atoms with Crippen LogP contribution in [0.5, 0.6) is 0 Å². The summed E-state index contributed by atoms with van der Waals surface area (Å²) >= 11 is 0. The molecule has 1 aromatic heterocycles. The molecule has 0 radical (unpaired) electrons. The third-order valence-electron chi connectivity index (χ3n) is 4.47. The van der Waals surface area contributed by atoms with E-state index in [0.29, 0.717) is 24.0 Å². The van der Waals surface area contributed by atoms with E-state index in [1.165, 1.54) is 6.26 Å². The summed E-state index contributed by atoms with van der Waals surface area (Å²) in [6.45, 7) is 2.41. The monoisotopic (exact) mass is 490 g/mol. The number of carbonyl (C=O) groups is 1. The Bertz CT molecular complexity index is 1170. The lowest BCUT2D eigenvalue weighted by Crippen LogP contribution is -2.28. The van der Waals surface area contributed by atoms with Crippen molar-refractivity contribution in [2.45, 2.75) is 12.7 Å². The predicted molar refractivity (Wildman–Crippen MR) is 135 cm³/mol. The molecule has 0 saturated carbocycles. The summed E-state index contributed by atoms with van der Waals surface area (Å²) in [6.07, 6.45) is 2.87. The molecule has 0 fully saturated rings. The Morgan fingerprint density at radius 1 is 1.00 bits per heavy atom. The first-order valence-electron chi connectivity index (χ1n) is 9.99. The van der Waals surface area contributed by atoms with Gasteiger partial charge in [0.2, 0.25) is 5.95 Å².